The highest BCUT2D eigenvalue weighted by molar-refractivity contribution is 7.98. The summed E-state index contributed by atoms with van der Waals surface area (Å²) in [6, 6.07) is 7.28. The van der Waals surface area contributed by atoms with Gasteiger partial charge in [0.25, 0.3) is 5.91 Å². The topological polar surface area (TPSA) is 54.9 Å². The number of carbonyl (C=O) groups is 1. The van der Waals surface area contributed by atoms with Crippen molar-refractivity contribution < 1.29 is 4.79 Å². The lowest BCUT2D eigenvalue weighted by Gasteiger charge is -2.14. The van der Waals surface area contributed by atoms with Crippen LogP contribution in [0.1, 0.15) is 28.9 Å². The van der Waals surface area contributed by atoms with Crippen LogP contribution in [0.3, 0.4) is 0 Å². The molecule has 19 heavy (non-hydrogen) atoms. The fourth-order valence-corrected chi connectivity index (χ4v) is 2.28. The van der Waals surface area contributed by atoms with Crippen molar-refractivity contribution in [3.05, 3.63) is 54.0 Å². The maximum absolute atomic E-state index is 12.2. The Morgan fingerprint density at radius 3 is 2.68 bits per heavy atom. The highest BCUT2D eigenvalue weighted by atomic mass is 32.2. The molecule has 0 aromatic carbocycles. The van der Waals surface area contributed by atoms with E-state index in [1.807, 2.05) is 25.3 Å². The summed E-state index contributed by atoms with van der Waals surface area (Å²) in [5, 5.41) is 3.71. The average molecular weight is 273 g/mol. The van der Waals surface area contributed by atoms with Gasteiger partial charge in [-0.1, -0.05) is 0 Å². The lowest BCUT2D eigenvalue weighted by atomic mass is 10.1. The molecule has 5 heteroatoms. The van der Waals surface area contributed by atoms with Crippen molar-refractivity contribution in [3.63, 3.8) is 0 Å². The van der Waals surface area contributed by atoms with Crippen LogP contribution in [0.25, 0.3) is 0 Å². The summed E-state index contributed by atoms with van der Waals surface area (Å²) in [6.45, 7) is 1.95. The second-order valence-electron chi connectivity index (χ2n) is 4.04. The molecule has 0 bridgehead atoms. The quantitative estimate of drug-likeness (QED) is 0.870. The molecule has 1 N–H and O–H groups in total. The van der Waals surface area contributed by atoms with Crippen molar-refractivity contribution in [2.75, 3.05) is 6.26 Å². The second kappa shape index (κ2) is 6.33. The van der Waals surface area contributed by atoms with Gasteiger partial charge in [0.15, 0.2) is 0 Å². The Bertz CT molecular complexity index is 560. The second-order valence-corrected chi connectivity index (χ2v) is 4.83. The maximum atomic E-state index is 12.2. The van der Waals surface area contributed by atoms with Gasteiger partial charge in [-0.3, -0.25) is 9.78 Å². The summed E-state index contributed by atoms with van der Waals surface area (Å²) in [6.07, 6.45) is 7.03. The van der Waals surface area contributed by atoms with E-state index >= 15 is 0 Å². The van der Waals surface area contributed by atoms with E-state index in [-0.39, 0.29) is 11.9 Å². The van der Waals surface area contributed by atoms with Crippen molar-refractivity contribution in [2.24, 2.45) is 0 Å². The first-order valence-corrected chi connectivity index (χ1v) is 7.14. The zero-order chi connectivity index (χ0) is 13.7. The smallest absolute Gasteiger partial charge is 0.254 e. The molecule has 2 heterocycles. The first kappa shape index (κ1) is 13.5. The summed E-state index contributed by atoms with van der Waals surface area (Å²) < 4.78 is 0. The molecule has 0 radical (unpaired) electrons. The predicted octanol–water partition coefficient (Wildman–Crippen LogP) is 2.69. The van der Waals surface area contributed by atoms with Crippen molar-refractivity contribution in [3.8, 4) is 0 Å². The van der Waals surface area contributed by atoms with Gasteiger partial charge in [0.05, 0.1) is 11.6 Å². The third kappa shape index (κ3) is 3.32. The van der Waals surface area contributed by atoms with E-state index in [0.717, 1.165) is 10.6 Å². The lowest BCUT2D eigenvalue weighted by Crippen LogP contribution is -2.27. The molecule has 0 unspecified atom stereocenters. The molecule has 0 spiro atoms. The van der Waals surface area contributed by atoms with Crippen LogP contribution >= 0.6 is 11.8 Å². The summed E-state index contributed by atoms with van der Waals surface area (Å²) >= 11 is 1.46. The summed E-state index contributed by atoms with van der Waals surface area (Å²) in [5.74, 6) is -0.109. The number of pyridine rings is 2. The van der Waals surface area contributed by atoms with Crippen molar-refractivity contribution in [1.82, 2.24) is 15.3 Å². The third-order valence-corrected chi connectivity index (χ3v) is 3.47. The minimum absolute atomic E-state index is 0.0644. The van der Waals surface area contributed by atoms with Gasteiger partial charge in [-0.2, -0.15) is 0 Å². The molecule has 2 aromatic heterocycles. The summed E-state index contributed by atoms with van der Waals surface area (Å²) in [4.78, 5) is 20.4. The Morgan fingerprint density at radius 1 is 1.26 bits per heavy atom. The van der Waals surface area contributed by atoms with Gasteiger partial charge in [-0.05, 0) is 43.0 Å². The van der Waals surface area contributed by atoms with Crippen molar-refractivity contribution in [2.45, 2.75) is 18.0 Å². The van der Waals surface area contributed by atoms with Gasteiger partial charge in [-0.15, -0.1) is 11.8 Å². The number of aromatic nitrogens is 2. The molecule has 0 saturated heterocycles. The number of rotatable bonds is 4. The third-order valence-electron chi connectivity index (χ3n) is 2.76. The van der Waals surface area contributed by atoms with E-state index in [0.29, 0.717) is 5.56 Å². The van der Waals surface area contributed by atoms with Gasteiger partial charge in [0.2, 0.25) is 0 Å². The Morgan fingerprint density at radius 2 is 2.00 bits per heavy atom. The van der Waals surface area contributed by atoms with Crippen LogP contribution in [0.4, 0.5) is 0 Å². The highest BCUT2D eigenvalue weighted by Crippen LogP contribution is 2.18. The molecule has 2 rings (SSSR count). The molecule has 0 aliphatic carbocycles. The molecule has 1 atom stereocenters. The first-order valence-electron chi connectivity index (χ1n) is 5.92. The first-order chi connectivity index (χ1) is 9.22. The Balaban J connectivity index is 2.13. The molecule has 0 saturated carbocycles. The van der Waals surface area contributed by atoms with E-state index < -0.39 is 0 Å². The molecule has 2 aromatic rings. The van der Waals surface area contributed by atoms with Gasteiger partial charge in [0, 0.05) is 18.6 Å². The van der Waals surface area contributed by atoms with E-state index in [2.05, 4.69) is 15.3 Å². The predicted molar refractivity (Wildman–Crippen MR) is 76.1 cm³/mol. The number of carbonyl (C=O) groups excluding carboxylic acids is 1. The number of amides is 1. The van der Waals surface area contributed by atoms with E-state index in [1.165, 1.54) is 11.8 Å². The minimum atomic E-state index is -0.109. The number of nitrogens with one attached hydrogen (secondary N) is 1. The molecular formula is C14H15N3OS. The van der Waals surface area contributed by atoms with E-state index in [1.54, 1.807) is 30.7 Å². The van der Waals surface area contributed by atoms with Crippen LogP contribution in [0.15, 0.2) is 47.9 Å². The van der Waals surface area contributed by atoms with Crippen LogP contribution in [0.5, 0.6) is 0 Å². The zero-order valence-corrected chi connectivity index (χ0v) is 11.6. The Labute approximate surface area is 116 Å². The highest BCUT2D eigenvalue weighted by Gasteiger charge is 2.14. The Hall–Kier alpha value is -1.88. The number of hydrogen-bond donors (Lipinski definition) is 1. The van der Waals surface area contributed by atoms with Crippen LogP contribution < -0.4 is 5.32 Å². The van der Waals surface area contributed by atoms with Gasteiger partial charge in [0.1, 0.15) is 5.03 Å². The molecule has 0 aliphatic rings. The van der Waals surface area contributed by atoms with E-state index in [4.69, 9.17) is 0 Å². The van der Waals surface area contributed by atoms with E-state index in [9.17, 15) is 4.79 Å². The monoisotopic (exact) mass is 273 g/mol. The number of nitrogens with zero attached hydrogens (tertiary/aromatic N) is 2. The fourth-order valence-electron chi connectivity index (χ4n) is 1.74. The Kier molecular flexibility index (Phi) is 4.52. The minimum Gasteiger partial charge on any atom is -0.345 e. The zero-order valence-electron chi connectivity index (χ0n) is 10.8. The molecule has 98 valence electrons. The van der Waals surface area contributed by atoms with Crippen molar-refractivity contribution in [1.29, 1.82) is 0 Å². The SMILES string of the molecule is CSc1ncccc1C(=O)N[C@@H](C)c1ccncc1. The van der Waals surface area contributed by atoms with Gasteiger partial charge in [-0.25, -0.2) is 4.98 Å². The van der Waals surface area contributed by atoms with Gasteiger partial charge >= 0.3 is 0 Å². The molecule has 0 aliphatic heterocycles. The molecule has 0 fully saturated rings. The largest absolute Gasteiger partial charge is 0.345 e. The standard InChI is InChI=1S/C14H15N3OS/c1-10(11-5-8-15-9-6-11)17-13(18)12-4-3-7-16-14(12)19-2/h3-10H,1-2H3,(H,17,18)/t10-/m0/s1. The number of hydrogen-bond acceptors (Lipinski definition) is 4. The number of thioether (sulfide) groups is 1. The van der Waals surface area contributed by atoms with Crippen molar-refractivity contribution >= 4 is 17.7 Å². The maximum Gasteiger partial charge on any atom is 0.254 e. The molecular weight excluding hydrogens is 258 g/mol. The normalized spacial score (nSPS) is 11.9. The summed E-state index contributed by atoms with van der Waals surface area (Å²) in [5.41, 5.74) is 1.63. The molecule has 4 nitrogen and oxygen atoms in total. The van der Waals surface area contributed by atoms with Crippen LogP contribution in [0.2, 0.25) is 0 Å². The van der Waals surface area contributed by atoms with Crippen LogP contribution in [-0.2, 0) is 0 Å². The lowest BCUT2D eigenvalue weighted by molar-refractivity contribution is 0.0936. The van der Waals surface area contributed by atoms with Crippen LogP contribution in [-0.4, -0.2) is 22.1 Å². The average Bonchev–Trinajstić information content (AvgIpc) is 2.48. The fraction of sp³-hybridized carbons (Fsp3) is 0.214. The summed E-state index contributed by atoms with van der Waals surface area (Å²) in [7, 11) is 0. The molecule has 1 amide bonds. The van der Waals surface area contributed by atoms with Gasteiger partial charge < -0.3 is 5.32 Å². The van der Waals surface area contributed by atoms with Crippen LogP contribution in [0, 0.1) is 0 Å².